The number of hydrogen-bond donors (Lipinski definition) is 1. The lowest BCUT2D eigenvalue weighted by Crippen LogP contribution is -2.48. The number of nitrogens with one attached hydrogen (secondary N) is 1. The standard InChI is InChI=1S/C32H38N4O8S2/c1-6-19-16-32(19,29(40)35-46(41,42)21-9-10-21)17-25(37)24-14-20(44-30-33-12-11-23(34-30)26-8-7-13-45-26)18-36(24)28(39)22(31(2,3)4)15-27(38)43-5/h6-9,11-13,19-22,24H,1,10,14-18H2,2-5H3/p+1/t19?,20-,21?,22-,24+,32-/m1/s1. The summed E-state index contributed by atoms with van der Waals surface area (Å²) in [6.07, 6.45) is 4.27. The van der Waals surface area contributed by atoms with Crippen molar-refractivity contribution in [2.75, 3.05) is 13.7 Å². The van der Waals surface area contributed by atoms with Crippen molar-refractivity contribution in [3.63, 3.8) is 0 Å². The number of methoxy groups -OCH3 is 1. The fraction of sp³-hybridized carbons (Fsp3) is 0.531. The van der Waals surface area contributed by atoms with Crippen molar-refractivity contribution < 1.29 is 37.1 Å². The highest BCUT2D eigenvalue weighted by atomic mass is 32.2. The number of hydrogen-bond acceptors (Lipinski definition) is 11. The molecule has 1 saturated heterocycles. The van der Waals surface area contributed by atoms with Gasteiger partial charge in [0.05, 0.1) is 48.0 Å². The maximum absolute atomic E-state index is 14.2. The molecule has 3 heterocycles. The van der Waals surface area contributed by atoms with E-state index in [2.05, 4.69) is 21.3 Å². The SMILES string of the molecule is C=CC1C[C@]1(CC(=O)[C@@H]1C[C@@H](Oc2nccc(-c3cccs3)n2)CN1C(=O)[C@@H](CC(=O)OC)C(C)(C)C)C(=O)NS(=O)(=O)C1[CH+]C1. The minimum absolute atomic E-state index is 0.0194. The number of allylic oxidation sites excluding steroid dienone is 1. The van der Waals surface area contributed by atoms with Crippen LogP contribution in [0.3, 0.4) is 0 Å². The molecule has 1 N–H and O–H groups in total. The van der Waals surface area contributed by atoms with Crippen LogP contribution < -0.4 is 9.46 Å². The van der Waals surface area contributed by atoms with E-state index in [1.165, 1.54) is 23.3 Å². The van der Waals surface area contributed by atoms with Gasteiger partial charge in [-0.3, -0.25) is 19.2 Å². The Kier molecular flexibility index (Phi) is 9.33. The molecular formula is C32H39N4O8S2+. The minimum Gasteiger partial charge on any atom is -0.469 e. The average Bonchev–Trinajstić information content (AvgIpc) is 3.87. The van der Waals surface area contributed by atoms with Crippen LogP contribution in [0, 0.1) is 29.1 Å². The Morgan fingerprint density at radius 3 is 2.61 bits per heavy atom. The van der Waals surface area contributed by atoms with Crippen molar-refractivity contribution in [3.05, 3.63) is 48.9 Å². The molecule has 3 aliphatic rings. The number of sulfonamides is 1. The summed E-state index contributed by atoms with van der Waals surface area (Å²) < 4.78 is 38.3. The molecule has 2 unspecified atom stereocenters. The van der Waals surface area contributed by atoms with E-state index in [9.17, 15) is 27.6 Å². The van der Waals surface area contributed by atoms with Gasteiger partial charge in [0.15, 0.2) is 5.78 Å². The Hall–Kier alpha value is -3.78. The molecule has 0 bridgehead atoms. The van der Waals surface area contributed by atoms with E-state index in [0.717, 1.165) is 4.88 Å². The highest BCUT2D eigenvalue weighted by molar-refractivity contribution is 7.91. The number of aromatic nitrogens is 2. The number of carbonyl (C=O) groups is 4. The number of thiophene rings is 1. The number of ether oxygens (including phenoxy) is 2. The summed E-state index contributed by atoms with van der Waals surface area (Å²) in [4.78, 5) is 65.1. The second-order valence-corrected chi connectivity index (χ2v) is 16.1. The maximum Gasteiger partial charge on any atom is 0.317 e. The number of Topliss-reactive ketones (excluding diaryl/α,β-unsaturated/α-hetero) is 1. The van der Waals surface area contributed by atoms with Crippen LogP contribution in [0.2, 0.25) is 0 Å². The van der Waals surface area contributed by atoms with Gasteiger partial charge in [0, 0.05) is 19.0 Å². The van der Waals surface area contributed by atoms with E-state index in [1.54, 1.807) is 24.8 Å². The van der Waals surface area contributed by atoms with E-state index >= 15 is 0 Å². The zero-order valence-corrected chi connectivity index (χ0v) is 27.9. The molecule has 246 valence electrons. The van der Waals surface area contributed by atoms with Crippen LogP contribution in [0.15, 0.2) is 42.4 Å². The molecule has 12 nitrogen and oxygen atoms in total. The first kappa shape index (κ1) is 33.6. The number of esters is 1. The first-order valence-electron chi connectivity index (χ1n) is 15.1. The molecule has 6 atom stereocenters. The Balaban J connectivity index is 1.41. The number of ketones is 1. The topological polar surface area (TPSA) is 162 Å². The molecular weight excluding hydrogens is 633 g/mol. The molecule has 5 rings (SSSR count). The smallest absolute Gasteiger partial charge is 0.317 e. The van der Waals surface area contributed by atoms with Crippen LogP contribution in [-0.2, 0) is 33.9 Å². The van der Waals surface area contributed by atoms with Gasteiger partial charge in [-0.2, -0.15) is 4.98 Å². The third-order valence-corrected chi connectivity index (χ3v) is 11.5. The summed E-state index contributed by atoms with van der Waals surface area (Å²) in [5, 5.41) is 1.20. The van der Waals surface area contributed by atoms with Gasteiger partial charge in [-0.05, 0) is 35.3 Å². The minimum atomic E-state index is -3.89. The van der Waals surface area contributed by atoms with Crippen molar-refractivity contribution in [1.29, 1.82) is 0 Å². The third kappa shape index (κ3) is 7.12. The highest BCUT2D eigenvalue weighted by Crippen LogP contribution is 2.57. The van der Waals surface area contributed by atoms with Crippen LogP contribution in [0.1, 0.15) is 52.9 Å². The van der Waals surface area contributed by atoms with Gasteiger partial charge in [-0.1, -0.05) is 32.9 Å². The van der Waals surface area contributed by atoms with Gasteiger partial charge in [-0.15, -0.1) is 17.9 Å². The Morgan fingerprint density at radius 1 is 1.28 bits per heavy atom. The maximum atomic E-state index is 14.2. The first-order valence-corrected chi connectivity index (χ1v) is 17.6. The van der Waals surface area contributed by atoms with Crippen molar-refractivity contribution >= 4 is 44.9 Å². The zero-order valence-electron chi connectivity index (χ0n) is 26.3. The molecule has 2 aromatic heterocycles. The molecule has 2 amide bonds. The van der Waals surface area contributed by atoms with Gasteiger partial charge in [0.25, 0.3) is 15.3 Å². The van der Waals surface area contributed by atoms with Crippen molar-refractivity contribution in [2.45, 2.75) is 70.3 Å². The molecule has 0 spiro atoms. The van der Waals surface area contributed by atoms with Crippen LogP contribution in [0.5, 0.6) is 6.01 Å². The summed E-state index contributed by atoms with van der Waals surface area (Å²) in [5.41, 5.74) is -1.28. The van der Waals surface area contributed by atoms with E-state index in [4.69, 9.17) is 9.47 Å². The fourth-order valence-electron chi connectivity index (χ4n) is 5.99. The van der Waals surface area contributed by atoms with Crippen molar-refractivity contribution in [3.8, 4) is 16.6 Å². The number of carbonyl (C=O) groups excluding carboxylic acids is 4. The van der Waals surface area contributed by atoms with Crippen LogP contribution in [0.25, 0.3) is 10.6 Å². The van der Waals surface area contributed by atoms with Gasteiger partial charge in [0.1, 0.15) is 18.9 Å². The summed E-state index contributed by atoms with van der Waals surface area (Å²) >= 11 is 1.51. The first-order chi connectivity index (χ1) is 21.7. The molecule has 3 fully saturated rings. The number of amides is 2. The quantitative estimate of drug-likeness (QED) is 0.190. The molecule has 2 aromatic rings. The predicted octanol–water partition coefficient (Wildman–Crippen LogP) is 3.35. The Morgan fingerprint density at radius 2 is 2.02 bits per heavy atom. The monoisotopic (exact) mass is 671 g/mol. The number of rotatable bonds is 13. The van der Waals surface area contributed by atoms with E-state index in [1.807, 2.05) is 38.3 Å². The lowest BCUT2D eigenvalue weighted by molar-refractivity contribution is -0.151. The third-order valence-electron chi connectivity index (χ3n) is 8.96. The van der Waals surface area contributed by atoms with E-state index in [-0.39, 0.29) is 38.2 Å². The van der Waals surface area contributed by atoms with E-state index < -0.39 is 73.7 Å². The summed E-state index contributed by atoms with van der Waals surface area (Å²) in [6.45, 7) is 9.29. The molecule has 0 aromatic carbocycles. The van der Waals surface area contributed by atoms with Crippen molar-refractivity contribution in [1.82, 2.24) is 19.6 Å². The molecule has 14 heteroatoms. The number of likely N-dealkylation sites (tertiary alicyclic amines) is 1. The lowest BCUT2D eigenvalue weighted by Gasteiger charge is -2.34. The molecule has 2 saturated carbocycles. The Labute approximate surface area is 273 Å². The van der Waals surface area contributed by atoms with E-state index in [0.29, 0.717) is 12.1 Å². The average molecular weight is 672 g/mol. The summed E-state index contributed by atoms with van der Waals surface area (Å²) in [7, 11) is -2.64. The predicted molar refractivity (Wildman–Crippen MR) is 170 cm³/mol. The normalized spacial score (nSPS) is 26.0. The fourth-order valence-corrected chi connectivity index (χ4v) is 7.91. The van der Waals surface area contributed by atoms with Crippen LogP contribution in [0.4, 0.5) is 0 Å². The molecule has 1 aliphatic heterocycles. The second-order valence-electron chi connectivity index (χ2n) is 13.2. The van der Waals surface area contributed by atoms with Gasteiger partial charge in [-0.25, -0.2) is 18.1 Å². The molecule has 2 aliphatic carbocycles. The second kappa shape index (κ2) is 12.8. The van der Waals surface area contributed by atoms with Gasteiger partial charge >= 0.3 is 12.0 Å². The summed E-state index contributed by atoms with van der Waals surface area (Å²) in [5.74, 6) is -3.34. The van der Waals surface area contributed by atoms with Crippen molar-refractivity contribution in [2.24, 2.45) is 22.7 Å². The van der Waals surface area contributed by atoms with Gasteiger partial charge < -0.3 is 14.4 Å². The molecule has 0 radical (unpaired) electrons. The highest BCUT2D eigenvalue weighted by Gasteiger charge is 2.62. The zero-order chi connectivity index (χ0) is 33.4. The largest absolute Gasteiger partial charge is 0.469 e. The van der Waals surface area contributed by atoms with Gasteiger partial charge in [0.2, 0.25) is 11.8 Å². The number of nitrogens with zero attached hydrogens (tertiary/aromatic N) is 3. The van der Waals surface area contributed by atoms with Crippen LogP contribution >= 0.6 is 11.3 Å². The van der Waals surface area contributed by atoms with Crippen LogP contribution in [-0.4, -0.2) is 77.9 Å². The molecule has 46 heavy (non-hydrogen) atoms. The summed E-state index contributed by atoms with van der Waals surface area (Å²) in [6, 6.07) is 4.68. The lowest BCUT2D eigenvalue weighted by atomic mass is 9.77. The Bertz CT molecular complexity index is 1620.